The van der Waals surface area contributed by atoms with E-state index in [0.717, 1.165) is 5.69 Å². The van der Waals surface area contributed by atoms with Crippen LogP contribution in [0.15, 0.2) is 206 Å². The second-order valence-corrected chi connectivity index (χ2v) is 14.9. The third kappa shape index (κ3) is 4.57. The zero-order valence-corrected chi connectivity index (χ0v) is 30.5. The number of hydrogen-bond acceptors (Lipinski definition) is 0. The Balaban J connectivity index is 1.08. The topological polar surface area (TPSA) is 9.86 Å². The predicted octanol–water partition coefficient (Wildman–Crippen LogP) is 14.7. The van der Waals surface area contributed by atoms with E-state index in [1.54, 1.807) is 0 Å². The molecule has 0 radical (unpaired) electrons. The van der Waals surface area contributed by atoms with E-state index >= 15 is 0 Å². The molecule has 0 aliphatic rings. The Morgan fingerprint density at radius 2 is 0.607 bits per heavy atom. The Kier molecular flexibility index (Phi) is 6.66. The maximum atomic E-state index is 2.47. The van der Waals surface area contributed by atoms with Crippen LogP contribution in [0, 0.1) is 0 Å². The molecule has 0 fully saturated rings. The fourth-order valence-electron chi connectivity index (χ4n) is 9.33. The van der Waals surface area contributed by atoms with Crippen LogP contribution in [0.4, 0.5) is 0 Å². The highest BCUT2D eigenvalue weighted by molar-refractivity contribution is 6.26. The van der Waals surface area contributed by atoms with E-state index in [1.807, 2.05) is 0 Å². The van der Waals surface area contributed by atoms with E-state index in [1.165, 1.54) is 104 Å². The minimum Gasteiger partial charge on any atom is -0.309 e. The maximum Gasteiger partial charge on any atom is 0.0548 e. The smallest absolute Gasteiger partial charge is 0.0548 e. The lowest BCUT2D eigenvalue weighted by atomic mass is 9.94. The second kappa shape index (κ2) is 12.0. The highest BCUT2D eigenvalue weighted by Gasteiger charge is 2.19. The molecule has 0 aliphatic carbocycles. The molecule has 0 spiro atoms. The van der Waals surface area contributed by atoms with Gasteiger partial charge in [-0.15, -0.1) is 0 Å². The molecule has 0 saturated heterocycles. The third-order valence-electron chi connectivity index (χ3n) is 11.9. The van der Waals surface area contributed by atoms with Gasteiger partial charge in [-0.3, -0.25) is 0 Å². The molecular weight excluding hydrogens is 677 g/mol. The predicted molar refractivity (Wildman–Crippen MR) is 239 cm³/mol. The van der Waals surface area contributed by atoms with Gasteiger partial charge in [-0.25, -0.2) is 0 Å². The number of rotatable bonds is 4. The Bertz CT molecular complexity index is 3480. The molecule has 0 unspecified atom stereocenters. The quantitative estimate of drug-likeness (QED) is 0.161. The normalized spacial score (nSPS) is 11.9. The van der Waals surface area contributed by atoms with Crippen molar-refractivity contribution in [3.05, 3.63) is 206 Å². The summed E-state index contributed by atoms with van der Waals surface area (Å²) in [4.78, 5) is 0. The molecule has 0 aliphatic heterocycles. The van der Waals surface area contributed by atoms with Crippen molar-refractivity contribution in [1.29, 1.82) is 0 Å². The molecule has 2 heterocycles. The van der Waals surface area contributed by atoms with Gasteiger partial charge in [-0.2, -0.15) is 0 Å². The third-order valence-corrected chi connectivity index (χ3v) is 11.9. The summed E-state index contributed by atoms with van der Waals surface area (Å²) in [6.07, 6.45) is 0. The fraction of sp³-hybridized carbons (Fsp3) is 0. The van der Waals surface area contributed by atoms with Crippen LogP contribution in [0.2, 0.25) is 0 Å². The standard InChI is InChI=1S/C54H34N2/c1-2-13-35(14-3-1)36-25-27-37(28-26-36)38-15-12-16-39(31-38)55-51-23-10-8-21-46(51)49-34-54-50(33-53(49)55)47-22-9-11-24-52(47)56(54)40-29-30-45-43-19-5-4-17-41(43)42-18-6-7-20-44(42)48(45)32-40/h1-34H. The van der Waals surface area contributed by atoms with Crippen LogP contribution in [-0.4, -0.2) is 9.13 Å². The van der Waals surface area contributed by atoms with Gasteiger partial charge in [0, 0.05) is 32.9 Å². The van der Waals surface area contributed by atoms with Gasteiger partial charge in [0.15, 0.2) is 0 Å². The van der Waals surface area contributed by atoms with Crippen LogP contribution in [-0.2, 0) is 0 Å². The van der Waals surface area contributed by atoms with Crippen LogP contribution in [0.5, 0.6) is 0 Å². The summed E-state index contributed by atoms with van der Waals surface area (Å²) in [5.41, 5.74) is 12.0. The number of nitrogens with zero attached hydrogens (tertiary/aromatic N) is 2. The molecule has 12 aromatic rings. The van der Waals surface area contributed by atoms with Gasteiger partial charge in [0.05, 0.1) is 22.1 Å². The average Bonchev–Trinajstić information content (AvgIpc) is 3.78. The Morgan fingerprint density at radius 3 is 1.18 bits per heavy atom. The van der Waals surface area contributed by atoms with Crippen molar-refractivity contribution in [2.45, 2.75) is 0 Å². The molecule has 0 amide bonds. The van der Waals surface area contributed by atoms with Gasteiger partial charge in [0.25, 0.3) is 0 Å². The first-order valence-electron chi connectivity index (χ1n) is 19.3. The van der Waals surface area contributed by atoms with Crippen molar-refractivity contribution in [2.24, 2.45) is 0 Å². The Morgan fingerprint density at radius 1 is 0.196 bits per heavy atom. The van der Waals surface area contributed by atoms with Crippen molar-refractivity contribution in [3.8, 4) is 33.6 Å². The molecule has 2 heteroatoms. The first kappa shape index (κ1) is 31.0. The second-order valence-electron chi connectivity index (χ2n) is 14.9. The summed E-state index contributed by atoms with van der Waals surface area (Å²) in [6.45, 7) is 0. The highest BCUT2D eigenvalue weighted by atomic mass is 15.0. The monoisotopic (exact) mass is 710 g/mol. The molecule has 2 nitrogen and oxygen atoms in total. The molecule has 56 heavy (non-hydrogen) atoms. The number of benzene rings is 10. The van der Waals surface area contributed by atoms with Gasteiger partial charge in [0.2, 0.25) is 0 Å². The van der Waals surface area contributed by atoms with Crippen LogP contribution >= 0.6 is 0 Å². The Hall–Kier alpha value is -7.42. The number of hydrogen-bond donors (Lipinski definition) is 0. The zero-order valence-electron chi connectivity index (χ0n) is 30.5. The van der Waals surface area contributed by atoms with Gasteiger partial charge in [-0.1, -0.05) is 158 Å². The summed E-state index contributed by atoms with van der Waals surface area (Å²) in [6, 6.07) is 75.7. The Labute approximate surface area is 323 Å². The molecule has 0 atom stereocenters. The summed E-state index contributed by atoms with van der Waals surface area (Å²) >= 11 is 0. The summed E-state index contributed by atoms with van der Waals surface area (Å²) in [5, 5.41) is 12.7. The van der Waals surface area contributed by atoms with Crippen molar-refractivity contribution in [2.75, 3.05) is 0 Å². The molecule has 2 aromatic heterocycles. The van der Waals surface area contributed by atoms with Gasteiger partial charge >= 0.3 is 0 Å². The van der Waals surface area contributed by atoms with Gasteiger partial charge in [0.1, 0.15) is 0 Å². The van der Waals surface area contributed by atoms with E-state index in [9.17, 15) is 0 Å². The summed E-state index contributed by atoms with van der Waals surface area (Å²) in [7, 11) is 0. The molecule has 0 N–H and O–H groups in total. The van der Waals surface area contributed by atoms with Crippen molar-refractivity contribution in [1.82, 2.24) is 9.13 Å². The largest absolute Gasteiger partial charge is 0.309 e. The van der Waals surface area contributed by atoms with Crippen molar-refractivity contribution in [3.63, 3.8) is 0 Å². The van der Waals surface area contributed by atoms with Crippen LogP contribution in [0.1, 0.15) is 0 Å². The molecule has 0 bridgehead atoms. The van der Waals surface area contributed by atoms with Crippen LogP contribution < -0.4 is 0 Å². The van der Waals surface area contributed by atoms with Gasteiger partial charge < -0.3 is 9.13 Å². The summed E-state index contributed by atoms with van der Waals surface area (Å²) in [5.74, 6) is 0. The van der Waals surface area contributed by atoms with Crippen LogP contribution in [0.3, 0.4) is 0 Å². The SMILES string of the molecule is c1ccc(-c2ccc(-c3cccc(-n4c5ccccc5c5cc6c(cc54)c4ccccc4n6-c4ccc5c6ccccc6c6ccccc6c5c4)c3)cc2)cc1. The van der Waals surface area contributed by atoms with Crippen molar-refractivity contribution < 1.29 is 0 Å². The molecule has 10 aromatic carbocycles. The number of fused-ring (bicyclic) bond motifs is 12. The lowest BCUT2D eigenvalue weighted by Gasteiger charge is -2.14. The number of para-hydroxylation sites is 2. The van der Waals surface area contributed by atoms with E-state index in [4.69, 9.17) is 0 Å². The van der Waals surface area contributed by atoms with E-state index in [-0.39, 0.29) is 0 Å². The van der Waals surface area contributed by atoms with Gasteiger partial charge in [-0.05, 0) is 103 Å². The highest BCUT2D eigenvalue weighted by Crippen LogP contribution is 2.42. The first-order chi connectivity index (χ1) is 27.8. The first-order valence-corrected chi connectivity index (χ1v) is 19.3. The lowest BCUT2D eigenvalue weighted by molar-refractivity contribution is 1.18. The van der Waals surface area contributed by atoms with Crippen LogP contribution in [0.25, 0.3) is 110 Å². The zero-order chi connectivity index (χ0) is 36.7. The van der Waals surface area contributed by atoms with E-state index in [0.29, 0.717) is 0 Å². The minimum absolute atomic E-state index is 1.15. The van der Waals surface area contributed by atoms with E-state index < -0.39 is 0 Å². The maximum absolute atomic E-state index is 2.47. The average molecular weight is 711 g/mol. The molecule has 260 valence electrons. The summed E-state index contributed by atoms with van der Waals surface area (Å²) < 4.78 is 4.92. The molecular formula is C54H34N2. The number of aromatic nitrogens is 2. The lowest BCUT2D eigenvalue weighted by Crippen LogP contribution is -1.95. The molecule has 0 saturated carbocycles. The fourth-order valence-corrected chi connectivity index (χ4v) is 9.33. The van der Waals surface area contributed by atoms with Crippen molar-refractivity contribution >= 4 is 75.9 Å². The molecule has 12 rings (SSSR count). The van der Waals surface area contributed by atoms with E-state index in [2.05, 4.69) is 215 Å². The minimum atomic E-state index is 1.15.